The summed E-state index contributed by atoms with van der Waals surface area (Å²) in [7, 11) is 0. The zero-order chi connectivity index (χ0) is 18.8. The number of nitrogens with one attached hydrogen (secondary N) is 2. The van der Waals surface area contributed by atoms with Gasteiger partial charge < -0.3 is 20.0 Å². The number of urea groups is 1. The first-order valence-corrected chi connectivity index (χ1v) is 9.38. The minimum absolute atomic E-state index is 0.241. The summed E-state index contributed by atoms with van der Waals surface area (Å²) in [6.07, 6.45) is 4.12. The Hall–Kier alpha value is -3.02. The van der Waals surface area contributed by atoms with Gasteiger partial charge in [0.1, 0.15) is 17.2 Å². The van der Waals surface area contributed by atoms with Crippen LogP contribution < -0.4 is 15.5 Å². The van der Waals surface area contributed by atoms with Crippen LogP contribution in [0.5, 0.6) is 0 Å². The number of carbonyl (C=O) groups excluding carboxylic acids is 1. The first-order valence-electron chi connectivity index (χ1n) is 9.38. The van der Waals surface area contributed by atoms with Gasteiger partial charge in [-0.1, -0.05) is 18.2 Å². The largest absolute Gasteiger partial charge is 0.459 e. The van der Waals surface area contributed by atoms with Crippen molar-refractivity contribution >= 4 is 28.5 Å². The summed E-state index contributed by atoms with van der Waals surface area (Å²) >= 11 is 0. The van der Waals surface area contributed by atoms with Crippen LogP contribution in [0.3, 0.4) is 0 Å². The van der Waals surface area contributed by atoms with E-state index in [1.807, 2.05) is 50.2 Å². The Morgan fingerprint density at radius 1 is 1.19 bits per heavy atom. The van der Waals surface area contributed by atoms with E-state index in [0.29, 0.717) is 5.69 Å². The molecule has 6 nitrogen and oxygen atoms in total. The molecule has 0 bridgehead atoms. The second-order valence-electron chi connectivity index (χ2n) is 7.01. The van der Waals surface area contributed by atoms with Crippen molar-refractivity contribution in [3.63, 3.8) is 0 Å². The summed E-state index contributed by atoms with van der Waals surface area (Å²) in [5, 5.41) is 6.85. The van der Waals surface area contributed by atoms with Gasteiger partial charge in [-0.2, -0.15) is 0 Å². The van der Waals surface area contributed by atoms with E-state index in [1.165, 1.54) is 12.8 Å². The Labute approximate surface area is 158 Å². The molecule has 140 valence electrons. The fraction of sp³-hybridized carbons (Fsp3) is 0.333. The fourth-order valence-electron chi connectivity index (χ4n) is 3.63. The zero-order valence-corrected chi connectivity index (χ0v) is 15.7. The molecule has 0 saturated carbocycles. The maximum Gasteiger partial charge on any atom is 0.319 e. The average molecular weight is 364 g/mol. The standard InChI is InChI=1S/C21H24N4O2/c1-14-17-7-3-4-8-18(17)27-20(14)15(2)23-21(26)24-16-9-10-19(22-13-16)25-11-5-6-12-25/h3-4,7-10,13,15H,5-6,11-12H2,1-2H3,(H2,23,24,26). The summed E-state index contributed by atoms with van der Waals surface area (Å²) in [6.45, 7) is 6.03. The summed E-state index contributed by atoms with van der Waals surface area (Å²) in [6, 6.07) is 11.2. The summed E-state index contributed by atoms with van der Waals surface area (Å²) in [5.41, 5.74) is 2.56. The number of furan rings is 1. The lowest BCUT2D eigenvalue weighted by Gasteiger charge is -2.17. The van der Waals surface area contributed by atoms with Gasteiger partial charge in [-0.05, 0) is 44.9 Å². The number of anilines is 2. The lowest BCUT2D eigenvalue weighted by molar-refractivity contribution is 0.248. The van der Waals surface area contributed by atoms with E-state index in [9.17, 15) is 4.79 Å². The molecule has 1 aliphatic heterocycles. The number of amides is 2. The number of carbonyl (C=O) groups is 1. The molecule has 0 spiro atoms. The minimum atomic E-state index is -0.280. The van der Waals surface area contributed by atoms with Crippen LogP contribution in [0, 0.1) is 6.92 Å². The minimum Gasteiger partial charge on any atom is -0.459 e. The molecule has 27 heavy (non-hydrogen) atoms. The van der Waals surface area contributed by atoms with E-state index >= 15 is 0 Å². The van der Waals surface area contributed by atoms with Gasteiger partial charge in [-0.15, -0.1) is 0 Å². The third-order valence-corrected chi connectivity index (χ3v) is 5.06. The second-order valence-corrected chi connectivity index (χ2v) is 7.01. The van der Waals surface area contributed by atoms with Gasteiger partial charge in [0.25, 0.3) is 0 Å². The van der Waals surface area contributed by atoms with Crippen molar-refractivity contribution in [1.29, 1.82) is 0 Å². The highest BCUT2D eigenvalue weighted by atomic mass is 16.3. The Kier molecular flexibility index (Phi) is 4.71. The number of benzene rings is 1. The maximum absolute atomic E-state index is 12.4. The summed E-state index contributed by atoms with van der Waals surface area (Å²) in [5.74, 6) is 1.73. The maximum atomic E-state index is 12.4. The van der Waals surface area contributed by atoms with Crippen molar-refractivity contribution < 1.29 is 9.21 Å². The third kappa shape index (κ3) is 3.60. The second kappa shape index (κ2) is 7.31. The molecule has 4 rings (SSSR count). The predicted molar refractivity (Wildman–Crippen MR) is 107 cm³/mol. The van der Waals surface area contributed by atoms with Gasteiger partial charge in [-0.25, -0.2) is 9.78 Å². The van der Waals surface area contributed by atoms with Gasteiger partial charge >= 0.3 is 6.03 Å². The molecule has 3 aromatic rings. The molecule has 1 saturated heterocycles. The van der Waals surface area contributed by atoms with Gasteiger partial charge in [0, 0.05) is 24.0 Å². The van der Waals surface area contributed by atoms with E-state index in [0.717, 1.165) is 41.2 Å². The topological polar surface area (TPSA) is 70.4 Å². The van der Waals surface area contributed by atoms with Crippen molar-refractivity contribution in [3.8, 4) is 0 Å². The van der Waals surface area contributed by atoms with Crippen LogP contribution in [0.4, 0.5) is 16.3 Å². The van der Waals surface area contributed by atoms with Crippen LogP contribution >= 0.6 is 0 Å². The first-order chi connectivity index (χ1) is 13.1. The van der Waals surface area contributed by atoms with E-state index in [-0.39, 0.29) is 12.1 Å². The molecule has 0 aliphatic carbocycles. The molecular formula is C21H24N4O2. The number of aromatic nitrogens is 1. The molecule has 2 amide bonds. The molecule has 6 heteroatoms. The van der Waals surface area contributed by atoms with Gasteiger partial charge in [0.2, 0.25) is 0 Å². The Bertz CT molecular complexity index is 942. The lowest BCUT2D eigenvalue weighted by Crippen LogP contribution is -2.31. The summed E-state index contributed by atoms with van der Waals surface area (Å²) in [4.78, 5) is 19.1. The zero-order valence-electron chi connectivity index (χ0n) is 15.7. The highest BCUT2D eigenvalue weighted by molar-refractivity contribution is 5.89. The molecule has 1 aromatic carbocycles. The quantitative estimate of drug-likeness (QED) is 0.709. The number of rotatable bonds is 4. The fourth-order valence-corrected chi connectivity index (χ4v) is 3.63. The number of para-hydroxylation sites is 1. The molecule has 2 N–H and O–H groups in total. The number of aryl methyl sites for hydroxylation is 1. The number of nitrogens with zero attached hydrogens (tertiary/aromatic N) is 2. The van der Waals surface area contributed by atoms with Gasteiger partial charge in [0.15, 0.2) is 0 Å². The van der Waals surface area contributed by atoms with Crippen LogP contribution in [0.2, 0.25) is 0 Å². The van der Waals surface area contributed by atoms with Crippen molar-refractivity contribution in [2.45, 2.75) is 32.7 Å². The molecular weight excluding hydrogens is 340 g/mol. The van der Waals surface area contributed by atoms with Crippen molar-refractivity contribution in [2.75, 3.05) is 23.3 Å². The normalized spacial score (nSPS) is 15.1. The molecule has 1 aliphatic rings. The molecule has 1 atom stereocenters. The molecule has 1 fully saturated rings. The van der Waals surface area contributed by atoms with E-state index in [2.05, 4.69) is 20.5 Å². The molecule has 0 radical (unpaired) electrons. The van der Waals surface area contributed by atoms with E-state index in [4.69, 9.17) is 4.42 Å². The number of pyridine rings is 1. The highest BCUT2D eigenvalue weighted by Gasteiger charge is 2.18. The van der Waals surface area contributed by atoms with Crippen LogP contribution in [0.1, 0.15) is 37.1 Å². The molecule has 1 unspecified atom stereocenters. The smallest absolute Gasteiger partial charge is 0.319 e. The first kappa shape index (κ1) is 17.4. The Balaban J connectivity index is 1.40. The van der Waals surface area contributed by atoms with Crippen molar-refractivity contribution in [3.05, 3.63) is 53.9 Å². The van der Waals surface area contributed by atoms with Crippen LogP contribution in [0.15, 0.2) is 47.0 Å². The van der Waals surface area contributed by atoms with E-state index < -0.39 is 0 Å². The molecule has 3 heterocycles. The number of fused-ring (bicyclic) bond motifs is 1. The average Bonchev–Trinajstić information content (AvgIpc) is 3.31. The SMILES string of the molecule is Cc1c(C(C)NC(=O)Nc2ccc(N3CCCC3)nc2)oc2ccccc12. The third-order valence-electron chi connectivity index (χ3n) is 5.06. The predicted octanol–water partition coefficient (Wildman–Crippen LogP) is 4.62. The van der Waals surface area contributed by atoms with Crippen LogP contribution in [-0.2, 0) is 0 Å². The number of hydrogen-bond donors (Lipinski definition) is 2. The Morgan fingerprint density at radius 2 is 1.96 bits per heavy atom. The van der Waals surface area contributed by atoms with Gasteiger partial charge in [-0.3, -0.25) is 0 Å². The van der Waals surface area contributed by atoms with Crippen molar-refractivity contribution in [2.24, 2.45) is 0 Å². The van der Waals surface area contributed by atoms with Crippen LogP contribution in [-0.4, -0.2) is 24.1 Å². The Morgan fingerprint density at radius 3 is 2.67 bits per heavy atom. The van der Waals surface area contributed by atoms with Crippen LogP contribution in [0.25, 0.3) is 11.0 Å². The number of hydrogen-bond acceptors (Lipinski definition) is 4. The summed E-state index contributed by atoms with van der Waals surface area (Å²) < 4.78 is 5.92. The monoisotopic (exact) mass is 364 g/mol. The van der Waals surface area contributed by atoms with E-state index in [1.54, 1.807) is 6.20 Å². The highest BCUT2D eigenvalue weighted by Crippen LogP contribution is 2.29. The lowest BCUT2D eigenvalue weighted by atomic mass is 10.1. The van der Waals surface area contributed by atoms with Gasteiger partial charge in [0.05, 0.1) is 17.9 Å². The molecule has 2 aromatic heterocycles. The van der Waals surface area contributed by atoms with Crippen molar-refractivity contribution in [1.82, 2.24) is 10.3 Å².